The maximum Gasteiger partial charge on any atom is 0.234 e. The number of halogens is 1. The molecule has 0 aliphatic carbocycles. The van der Waals surface area contributed by atoms with E-state index in [0.717, 1.165) is 16.8 Å². The molecule has 4 rings (SSSR count). The Kier molecular flexibility index (Phi) is 6.48. The zero-order valence-electron chi connectivity index (χ0n) is 17.5. The van der Waals surface area contributed by atoms with Crippen LogP contribution in [0.5, 0.6) is 5.75 Å². The minimum absolute atomic E-state index is 0.110. The SMILES string of the molecule is Cc1ccc(-n2c(SCC(=O)Nc3ccccc3Cl)nnc2-c2ccccc2O)c(C)c1. The molecule has 1 aromatic heterocycles. The Morgan fingerprint density at radius 3 is 2.56 bits per heavy atom. The van der Waals surface area contributed by atoms with Crippen LogP contribution in [0.25, 0.3) is 17.1 Å². The molecule has 0 spiro atoms. The van der Waals surface area contributed by atoms with Gasteiger partial charge in [-0.1, -0.05) is 65.3 Å². The number of hydrogen-bond acceptors (Lipinski definition) is 5. The average Bonchev–Trinajstić information content (AvgIpc) is 3.18. The summed E-state index contributed by atoms with van der Waals surface area (Å²) in [7, 11) is 0. The van der Waals surface area contributed by atoms with Crippen molar-refractivity contribution in [3.05, 3.63) is 82.9 Å². The normalized spacial score (nSPS) is 10.8. The summed E-state index contributed by atoms with van der Waals surface area (Å²) in [6.45, 7) is 4.04. The van der Waals surface area contributed by atoms with Crippen molar-refractivity contribution in [1.29, 1.82) is 0 Å². The lowest BCUT2D eigenvalue weighted by molar-refractivity contribution is -0.113. The first-order valence-electron chi connectivity index (χ1n) is 9.92. The van der Waals surface area contributed by atoms with E-state index >= 15 is 0 Å². The quantitative estimate of drug-likeness (QED) is 0.361. The maximum atomic E-state index is 12.5. The fraction of sp³-hybridized carbons (Fsp3) is 0.125. The number of aromatic nitrogens is 3. The summed E-state index contributed by atoms with van der Waals surface area (Å²) in [5.74, 6) is 0.528. The lowest BCUT2D eigenvalue weighted by Crippen LogP contribution is -2.15. The molecule has 6 nitrogen and oxygen atoms in total. The molecule has 162 valence electrons. The molecular weight excluding hydrogens is 444 g/mol. The van der Waals surface area contributed by atoms with E-state index in [1.807, 2.05) is 42.7 Å². The summed E-state index contributed by atoms with van der Waals surface area (Å²) in [5.41, 5.74) is 4.17. The summed E-state index contributed by atoms with van der Waals surface area (Å²) < 4.78 is 1.87. The van der Waals surface area contributed by atoms with Gasteiger partial charge >= 0.3 is 0 Å². The summed E-state index contributed by atoms with van der Waals surface area (Å²) >= 11 is 7.40. The van der Waals surface area contributed by atoms with E-state index in [0.29, 0.717) is 27.3 Å². The smallest absolute Gasteiger partial charge is 0.234 e. The van der Waals surface area contributed by atoms with Crippen LogP contribution >= 0.6 is 23.4 Å². The number of nitrogens with one attached hydrogen (secondary N) is 1. The number of phenols is 1. The van der Waals surface area contributed by atoms with E-state index in [-0.39, 0.29) is 17.4 Å². The van der Waals surface area contributed by atoms with Gasteiger partial charge in [-0.05, 0) is 49.7 Å². The third-order valence-electron chi connectivity index (χ3n) is 4.85. The van der Waals surface area contributed by atoms with Gasteiger partial charge < -0.3 is 10.4 Å². The molecule has 32 heavy (non-hydrogen) atoms. The van der Waals surface area contributed by atoms with Crippen molar-refractivity contribution in [3.63, 3.8) is 0 Å². The Hall–Kier alpha value is -3.29. The molecule has 0 saturated carbocycles. The van der Waals surface area contributed by atoms with Gasteiger partial charge in [0.25, 0.3) is 0 Å². The molecule has 1 heterocycles. The van der Waals surface area contributed by atoms with Crippen molar-refractivity contribution in [1.82, 2.24) is 14.8 Å². The largest absolute Gasteiger partial charge is 0.507 e. The van der Waals surface area contributed by atoms with Crippen LogP contribution in [-0.2, 0) is 4.79 Å². The van der Waals surface area contributed by atoms with Crippen LogP contribution in [0.2, 0.25) is 5.02 Å². The van der Waals surface area contributed by atoms with Crippen LogP contribution in [0, 0.1) is 13.8 Å². The monoisotopic (exact) mass is 464 g/mol. The van der Waals surface area contributed by atoms with Gasteiger partial charge in [-0.15, -0.1) is 10.2 Å². The number of nitrogens with zero attached hydrogens (tertiary/aromatic N) is 3. The number of carbonyl (C=O) groups excluding carboxylic acids is 1. The van der Waals surface area contributed by atoms with Gasteiger partial charge in [-0.2, -0.15) is 0 Å². The van der Waals surface area contributed by atoms with Crippen molar-refractivity contribution in [2.24, 2.45) is 0 Å². The van der Waals surface area contributed by atoms with Crippen LogP contribution in [-0.4, -0.2) is 31.5 Å². The Bertz CT molecular complexity index is 1290. The molecule has 0 bridgehead atoms. The first kappa shape index (κ1) is 21.9. The number of amides is 1. The lowest BCUT2D eigenvalue weighted by atomic mass is 10.1. The number of carbonyl (C=O) groups is 1. The molecule has 0 atom stereocenters. The van der Waals surface area contributed by atoms with E-state index < -0.39 is 0 Å². The molecular formula is C24H21ClN4O2S. The van der Waals surface area contributed by atoms with Gasteiger partial charge in [0, 0.05) is 0 Å². The Balaban J connectivity index is 1.67. The Labute approximate surface area is 195 Å². The van der Waals surface area contributed by atoms with Gasteiger partial charge in [0.05, 0.1) is 27.7 Å². The van der Waals surface area contributed by atoms with Crippen LogP contribution in [0.1, 0.15) is 11.1 Å². The highest BCUT2D eigenvalue weighted by Crippen LogP contribution is 2.34. The summed E-state index contributed by atoms with van der Waals surface area (Å²) in [6, 6.07) is 20.1. The van der Waals surface area contributed by atoms with E-state index in [2.05, 4.69) is 21.6 Å². The van der Waals surface area contributed by atoms with Crippen molar-refractivity contribution in [2.45, 2.75) is 19.0 Å². The van der Waals surface area contributed by atoms with E-state index in [1.54, 1.807) is 36.4 Å². The van der Waals surface area contributed by atoms with E-state index in [1.165, 1.54) is 11.8 Å². The number of rotatable bonds is 6. The highest BCUT2D eigenvalue weighted by molar-refractivity contribution is 7.99. The number of aromatic hydroxyl groups is 1. The molecule has 0 saturated heterocycles. The molecule has 1 amide bonds. The molecule has 0 radical (unpaired) electrons. The maximum absolute atomic E-state index is 12.5. The predicted molar refractivity (Wildman–Crippen MR) is 129 cm³/mol. The topological polar surface area (TPSA) is 80.0 Å². The number of aryl methyl sites for hydroxylation is 2. The molecule has 0 aliphatic rings. The highest BCUT2D eigenvalue weighted by atomic mass is 35.5. The molecule has 8 heteroatoms. The zero-order chi connectivity index (χ0) is 22.7. The molecule has 2 N–H and O–H groups in total. The van der Waals surface area contributed by atoms with Crippen LogP contribution in [0.15, 0.2) is 71.9 Å². The first-order valence-corrected chi connectivity index (χ1v) is 11.3. The summed E-state index contributed by atoms with van der Waals surface area (Å²) in [5, 5.41) is 22.9. The minimum atomic E-state index is -0.206. The molecule has 3 aromatic carbocycles. The van der Waals surface area contributed by atoms with Crippen molar-refractivity contribution in [3.8, 4) is 22.8 Å². The van der Waals surface area contributed by atoms with Crippen molar-refractivity contribution < 1.29 is 9.90 Å². The summed E-state index contributed by atoms with van der Waals surface area (Å²) in [4.78, 5) is 12.5. The minimum Gasteiger partial charge on any atom is -0.507 e. The lowest BCUT2D eigenvalue weighted by Gasteiger charge is -2.14. The number of thioether (sulfide) groups is 1. The van der Waals surface area contributed by atoms with Crippen LogP contribution in [0.4, 0.5) is 5.69 Å². The number of hydrogen-bond donors (Lipinski definition) is 2. The third-order valence-corrected chi connectivity index (χ3v) is 6.11. The third kappa shape index (κ3) is 4.64. The number of anilines is 1. The second kappa shape index (κ2) is 9.46. The Morgan fingerprint density at radius 2 is 1.81 bits per heavy atom. The highest BCUT2D eigenvalue weighted by Gasteiger charge is 2.20. The van der Waals surface area contributed by atoms with E-state index in [4.69, 9.17) is 11.6 Å². The standard InChI is InChI=1S/C24H21ClN4O2S/c1-15-11-12-20(16(2)13-15)29-23(17-7-3-6-10-21(17)30)27-28-24(29)32-14-22(31)26-19-9-5-4-8-18(19)25/h3-13,30H,14H2,1-2H3,(H,26,31). The van der Waals surface area contributed by atoms with Gasteiger partial charge in [-0.25, -0.2) is 0 Å². The van der Waals surface area contributed by atoms with Gasteiger partial charge in [-0.3, -0.25) is 9.36 Å². The molecule has 4 aromatic rings. The average molecular weight is 465 g/mol. The fourth-order valence-corrected chi connectivity index (χ4v) is 4.28. The van der Waals surface area contributed by atoms with Crippen molar-refractivity contribution >= 4 is 35.0 Å². The van der Waals surface area contributed by atoms with Crippen LogP contribution in [0.3, 0.4) is 0 Å². The fourth-order valence-electron chi connectivity index (χ4n) is 3.35. The van der Waals surface area contributed by atoms with Crippen LogP contribution < -0.4 is 5.32 Å². The second-order valence-corrected chi connectivity index (χ2v) is 8.62. The molecule has 0 unspecified atom stereocenters. The number of benzene rings is 3. The first-order chi connectivity index (χ1) is 15.4. The molecule has 0 aliphatic heterocycles. The Morgan fingerprint density at radius 1 is 1.06 bits per heavy atom. The number of para-hydroxylation sites is 2. The van der Waals surface area contributed by atoms with Gasteiger partial charge in [0.1, 0.15) is 5.75 Å². The van der Waals surface area contributed by atoms with Gasteiger partial charge in [0.2, 0.25) is 5.91 Å². The zero-order valence-corrected chi connectivity index (χ0v) is 19.1. The molecule has 0 fully saturated rings. The van der Waals surface area contributed by atoms with E-state index in [9.17, 15) is 9.90 Å². The van der Waals surface area contributed by atoms with Gasteiger partial charge in [0.15, 0.2) is 11.0 Å². The van der Waals surface area contributed by atoms with Crippen molar-refractivity contribution in [2.75, 3.05) is 11.1 Å². The summed E-state index contributed by atoms with van der Waals surface area (Å²) in [6.07, 6.45) is 0. The number of phenolic OH excluding ortho intramolecular Hbond substituents is 1. The predicted octanol–water partition coefficient (Wildman–Crippen LogP) is 5.64. The second-order valence-electron chi connectivity index (χ2n) is 7.27.